The summed E-state index contributed by atoms with van der Waals surface area (Å²) in [6.07, 6.45) is 3.71. The molecule has 5 heteroatoms. The molecule has 0 aliphatic carbocycles. The van der Waals surface area contributed by atoms with Crippen LogP contribution in [0.15, 0.2) is 48.5 Å². The van der Waals surface area contributed by atoms with Crippen LogP contribution in [0.2, 0.25) is 0 Å². The van der Waals surface area contributed by atoms with E-state index in [-0.39, 0.29) is 5.82 Å². The van der Waals surface area contributed by atoms with E-state index >= 15 is 0 Å². The Bertz CT molecular complexity index is 703. The van der Waals surface area contributed by atoms with Gasteiger partial charge in [-0.15, -0.1) is 0 Å². The van der Waals surface area contributed by atoms with E-state index in [4.69, 9.17) is 0 Å². The number of halogens is 1. The lowest BCUT2D eigenvalue weighted by Crippen LogP contribution is -2.29. The lowest BCUT2D eigenvalue weighted by molar-refractivity contribution is 0.359. The molecule has 4 rings (SSSR count). The Morgan fingerprint density at radius 1 is 0.958 bits per heavy atom. The van der Waals surface area contributed by atoms with Crippen molar-refractivity contribution in [1.29, 1.82) is 0 Å². The maximum atomic E-state index is 14.3. The molecule has 126 valence electrons. The third kappa shape index (κ3) is 3.10. The van der Waals surface area contributed by atoms with Gasteiger partial charge < -0.3 is 5.32 Å². The van der Waals surface area contributed by atoms with Crippen molar-refractivity contribution < 1.29 is 4.39 Å². The van der Waals surface area contributed by atoms with Crippen molar-refractivity contribution in [3.8, 4) is 0 Å². The Balaban J connectivity index is 1.54. The number of nitrogens with zero attached hydrogens (tertiary/aromatic N) is 2. The summed E-state index contributed by atoms with van der Waals surface area (Å²) in [7, 11) is 0. The van der Waals surface area contributed by atoms with Crippen molar-refractivity contribution in [2.45, 2.75) is 19.3 Å². The van der Waals surface area contributed by atoms with Crippen molar-refractivity contribution in [1.82, 2.24) is 5.32 Å². The van der Waals surface area contributed by atoms with Gasteiger partial charge in [0.1, 0.15) is 5.82 Å². The molecule has 1 N–H and O–H groups in total. The highest BCUT2D eigenvalue weighted by Crippen LogP contribution is 2.49. The fraction of sp³-hybridized carbons (Fsp3) is 0.368. The summed E-state index contributed by atoms with van der Waals surface area (Å²) >= 11 is 1.61. The summed E-state index contributed by atoms with van der Waals surface area (Å²) < 4.78 is 18.6. The van der Waals surface area contributed by atoms with Crippen molar-refractivity contribution >= 4 is 29.2 Å². The first-order valence-corrected chi connectivity index (χ1v) is 9.36. The Morgan fingerprint density at radius 2 is 1.62 bits per heavy atom. The van der Waals surface area contributed by atoms with Gasteiger partial charge in [0.15, 0.2) is 0 Å². The van der Waals surface area contributed by atoms with Crippen LogP contribution in [0.4, 0.5) is 21.5 Å². The van der Waals surface area contributed by atoms with Gasteiger partial charge >= 0.3 is 0 Å². The first-order chi connectivity index (χ1) is 11.8. The van der Waals surface area contributed by atoms with Crippen molar-refractivity contribution in [2.75, 3.05) is 28.2 Å². The largest absolute Gasteiger partial charge is 0.317 e. The topological polar surface area (TPSA) is 18.5 Å². The average molecular weight is 343 g/mol. The molecule has 0 saturated carbocycles. The predicted octanol–water partition coefficient (Wildman–Crippen LogP) is 4.74. The van der Waals surface area contributed by atoms with E-state index in [0.29, 0.717) is 5.69 Å². The van der Waals surface area contributed by atoms with Crippen LogP contribution in [0.3, 0.4) is 0 Å². The molecule has 1 saturated heterocycles. The van der Waals surface area contributed by atoms with E-state index in [1.54, 1.807) is 18.2 Å². The molecule has 0 spiro atoms. The maximum Gasteiger partial charge on any atom is 0.147 e. The second-order valence-electron chi connectivity index (χ2n) is 6.40. The zero-order chi connectivity index (χ0) is 16.4. The highest BCUT2D eigenvalue weighted by atomic mass is 32.2. The quantitative estimate of drug-likeness (QED) is 0.808. The summed E-state index contributed by atoms with van der Waals surface area (Å²) in [4.78, 5) is 0. The summed E-state index contributed by atoms with van der Waals surface area (Å²) in [5.74, 6) is 0.613. The van der Waals surface area contributed by atoms with Crippen LogP contribution in [0.1, 0.15) is 19.3 Å². The van der Waals surface area contributed by atoms with Gasteiger partial charge in [-0.25, -0.2) is 4.39 Å². The fourth-order valence-electron chi connectivity index (χ4n) is 3.45. The molecule has 2 aromatic rings. The van der Waals surface area contributed by atoms with Gasteiger partial charge in [0.2, 0.25) is 0 Å². The van der Waals surface area contributed by atoms with E-state index in [2.05, 4.69) is 27.8 Å². The third-order valence-corrected chi connectivity index (χ3v) is 5.95. The first kappa shape index (κ1) is 15.8. The minimum absolute atomic E-state index is 0.181. The zero-order valence-electron chi connectivity index (χ0n) is 13.6. The maximum absolute atomic E-state index is 14.3. The molecule has 0 atom stereocenters. The summed E-state index contributed by atoms with van der Waals surface area (Å²) in [6, 6.07) is 15.3. The number of hydrogen-bond donors (Lipinski definition) is 1. The molecule has 2 aliphatic heterocycles. The highest BCUT2D eigenvalue weighted by molar-refractivity contribution is 8.02. The third-order valence-electron chi connectivity index (χ3n) is 4.82. The molecular formula is C19H22FN3S. The number of hydrogen-bond acceptors (Lipinski definition) is 4. The Morgan fingerprint density at radius 3 is 2.38 bits per heavy atom. The van der Waals surface area contributed by atoms with Crippen molar-refractivity contribution in [2.24, 2.45) is 5.92 Å². The molecule has 1 fully saturated rings. The number of fused-ring (bicyclic) bond motifs is 1. The summed E-state index contributed by atoms with van der Waals surface area (Å²) in [5.41, 5.74) is 2.87. The molecule has 2 heterocycles. The molecule has 3 nitrogen and oxygen atoms in total. The lowest BCUT2D eigenvalue weighted by atomic mass is 9.95. The first-order valence-electron chi connectivity index (χ1n) is 8.63. The van der Waals surface area contributed by atoms with E-state index in [1.807, 2.05) is 22.5 Å². The molecule has 0 aromatic heterocycles. The van der Waals surface area contributed by atoms with Crippen LogP contribution in [0, 0.1) is 11.7 Å². The lowest BCUT2D eigenvalue weighted by Gasteiger charge is -2.25. The van der Waals surface area contributed by atoms with Crippen LogP contribution in [-0.4, -0.2) is 19.6 Å². The zero-order valence-corrected chi connectivity index (χ0v) is 14.4. The number of anilines is 3. The van der Waals surface area contributed by atoms with Crippen LogP contribution in [0.5, 0.6) is 0 Å². The standard InChI is InChI=1S/C19H22FN3S/c20-16-5-1-2-6-17(16)23-19-8-4-3-7-18(19)22(24-23)14-11-15-9-12-21-13-10-15/h1-8,15,21H,9-14H2. The minimum Gasteiger partial charge on any atom is -0.317 e. The van der Waals surface area contributed by atoms with Crippen LogP contribution in [0.25, 0.3) is 0 Å². The number of para-hydroxylation sites is 3. The number of nitrogens with one attached hydrogen (secondary N) is 1. The van der Waals surface area contributed by atoms with E-state index in [1.165, 1.54) is 31.0 Å². The van der Waals surface area contributed by atoms with Crippen LogP contribution in [-0.2, 0) is 0 Å². The van der Waals surface area contributed by atoms with Crippen molar-refractivity contribution in [3.63, 3.8) is 0 Å². The number of rotatable bonds is 4. The predicted molar refractivity (Wildman–Crippen MR) is 100 cm³/mol. The van der Waals surface area contributed by atoms with Gasteiger partial charge in [-0.2, -0.15) is 0 Å². The molecule has 24 heavy (non-hydrogen) atoms. The molecular weight excluding hydrogens is 321 g/mol. The average Bonchev–Trinajstić information content (AvgIpc) is 3.00. The minimum atomic E-state index is -0.181. The van der Waals surface area contributed by atoms with Gasteiger partial charge in [0, 0.05) is 6.54 Å². The van der Waals surface area contributed by atoms with Gasteiger partial charge in [-0.3, -0.25) is 8.61 Å². The van der Waals surface area contributed by atoms with E-state index in [9.17, 15) is 4.39 Å². The highest BCUT2D eigenvalue weighted by Gasteiger charge is 2.30. The summed E-state index contributed by atoms with van der Waals surface area (Å²) in [5, 5.41) is 3.42. The fourth-order valence-corrected chi connectivity index (χ4v) is 4.56. The Hall–Kier alpha value is -1.72. The van der Waals surface area contributed by atoms with Gasteiger partial charge in [-0.05, 0) is 62.5 Å². The van der Waals surface area contributed by atoms with Gasteiger partial charge in [0.05, 0.1) is 29.2 Å². The SMILES string of the molecule is Fc1ccccc1N1SN(CCC2CCNCC2)c2ccccc21. The van der Waals surface area contributed by atoms with Crippen LogP contribution >= 0.6 is 12.1 Å². The van der Waals surface area contributed by atoms with Crippen LogP contribution < -0.4 is 13.9 Å². The van der Waals surface area contributed by atoms with Crippen molar-refractivity contribution in [3.05, 3.63) is 54.3 Å². The molecule has 0 radical (unpaired) electrons. The smallest absolute Gasteiger partial charge is 0.147 e. The normalized spacial score (nSPS) is 18.0. The number of piperidine rings is 1. The van der Waals surface area contributed by atoms with Gasteiger partial charge in [0.25, 0.3) is 0 Å². The van der Waals surface area contributed by atoms with Gasteiger partial charge in [-0.1, -0.05) is 24.3 Å². The Kier molecular flexibility index (Phi) is 4.63. The molecule has 0 bridgehead atoms. The molecule has 2 aromatic carbocycles. The van der Waals surface area contributed by atoms with E-state index < -0.39 is 0 Å². The molecule has 0 amide bonds. The monoisotopic (exact) mass is 343 g/mol. The summed E-state index contributed by atoms with van der Waals surface area (Å²) in [6.45, 7) is 3.27. The Labute approximate surface area is 147 Å². The molecule has 2 aliphatic rings. The second-order valence-corrected chi connectivity index (χ2v) is 7.37. The second kappa shape index (κ2) is 7.03. The molecule has 0 unspecified atom stereocenters. The number of benzene rings is 2. The van der Waals surface area contributed by atoms with E-state index in [0.717, 1.165) is 31.2 Å².